The summed E-state index contributed by atoms with van der Waals surface area (Å²) in [5, 5.41) is 1.22. The maximum Gasteiger partial charge on any atom is 0.0776 e. The van der Waals surface area contributed by atoms with Gasteiger partial charge in [-0.2, -0.15) is 0 Å². The topological polar surface area (TPSA) is 12.4 Å². The van der Waals surface area contributed by atoms with Gasteiger partial charge in [-0.25, -0.2) is 0 Å². The Morgan fingerprint density at radius 1 is 1.50 bits per heavy atom. The van der Waals surface area contributed by atoms with Crippen LogP contribution in [0.15, 0.2) is 28.1 Å². The molecule has 0 amide bonds. The van der Waals surface area contributed by atoms with Crippen LogP contribution in [0.2, 0.25) is 5.02 Å². The lowest BCUT2D eigenvalue weighted by Crippen LogP contribution is -2.00. The van der Waals surface area contributed by atoms with Gasteiger partial charge in [0.2, 0.25) is 0 Å². The lowest BCUT2D eigenvalue weighted by atomic mass is 10.3. The highest BCUT2D eigenvalue weighted by atomic mass is 35.5. The van der Waals surface area contributed by atoms with Gasteiger partial charge in [-0.3, -0.25) is 4.99 Å². The van der Waals surface area contributed by atoms with Crippen molar-refractivity contribution >= 4 is 35.3 Å². The van der Waals surface area contributed by atoms with E-state index in [0.29, 0.717) is 5.25 Å². The zero-order valence-corrected chi connectivity index (χ0v) is 8.19. The summed E-state index contributed by atoms with van der Waals surface area (Å²) in [6, 6.07) is 5.82. The van der Waals surface area contributed by atoms with Crippen molar-refractivity contribution < 1.29 is 0 Å². The summed E-state index contributed by atoms with van der Waals surface area (Å²) in [4.78, 5) is 5.52. The lowest BCUT2D eigenvalue weighted by Gasteiger charge is -2.13. The fraction of sp³-hybridized carbons (Fsp3) is 0.222. The fourth-order valence-corrected chi connectivity index (χ4v) is 2.17. The van der Waals surface area contributed by atoms with E-state index in [1.165, 1.54) is 4.90 Å². The minimum Gasteiger partial charge on any atom is -0.259 e. The van der Waals surface area contributed by atoms with E-state index >= 15 is 0 Å². The minimum absolute atomic E-state index is 0.471. The molecule has 1 aromatic carbocycles. The van der Waals surface area contributed by atoms with E-state index in [-0.39, 0.29) is 0 Å². The molecule has 1 nitrogen and oxygen atoms in total. The maximum atomic E-state index is 5.83. The Bertz CT molecular complexity index is 335. The molecule has 0 saturated carbocycles. The molecule has 2 rings (SSSR count). The molecule has 0 aliphatic carbocycles. The van der Waals surface area contributed by atoms with Crippen LogP contribution >= 0.6 is 23.4 Å². The number of benzene rings is 1. The summed E-state index contributed by atoms with van der Waals surface area (Å²) in [6.07, 6.45) is 1.95. The molecule has 12 heavy (non-hydrogen) atoms. The van der Waals surface area contributed by atoms with E-state index in [2.05, 4.69) is 11.9 Å². The van der Waals surface area contributed by atoms with Crippen molar-refractivity contribution in [1.82, 2.24) is 0 Å². The average Bonchev–Trinajstić information content (AvgIpc) is 2.05. The molecule has 1 aliphatic heterocycles. The van der Waals surface area contributed by atoms with Crippen LogP contribution in [0.3, 0.4) is 0 Å². The van der Waals surface area contributed by atoms with Crippen LogP contribution < -0.4 is 0 Å². The fourth-order valence-electron chi connectivity index (χ4n) is 1.11. The van der Waals surface area contributed by atoms with Crippen molar-refractivity contribution in [3.8, 4) is 0 Å². The molecule has 1 unspecified atom stereocenters. The Kier molecular flexibility index (Phi) is 2.11. The van der Waals surface area contributed by atoms with Gasteiger partial charge in [-0.15, -0.1) is 11.8 Å². The van der Waals surface area contributed by atoms with Crippen molar-refractivity contribution in [2.75, 3.05) is 0 Å². The van der Waals surface area contributed by atoms with Gasteiger partial charge in [0.05, 0.1) is 5.69 Å². The first-order valence-electron chi connectivity index (χ1n) is 3.76. The second-order valence-corrected chi connectivity index (χ2v) is 4.57. The van der Waals surface area contributed by atoms with Gasteiger partial charge in [0.15, 0.2) is 0 Å². The van der Waals surface area contributed by atoms with E-state index in [0.717, 1.165) is 10.7 Å². The Hall–Kier alpha value is -0.470. The van der Waals surface area contributed by atoms with Gasteiger partial charge in [-0.05, 0) is 25.1 Å². The smallest absolute Gasteiger partial charge is 0.0776 e. The summed E-state index contributed by atoms with van der Waals surface area (Å²) in [5.41, 5.74) is 0.991. The normalized spacial score (nSPS) is 20.7. The molecule has 0 radical (unpaired) electrons. The Morgan fingerprint density at radius 3 is 3.17 bits per heavy atom. The van der Waals surface area contributed by atoms with Gasteiger partial charge in [-0.1, -0.05) is 11.6 Å². The molecule has 62 valence electrons. The van der Waals surface area contributed by atoms with Crippen molar-refractivity contribution in [2.45, 2.75) is 17.1 Å². The summed E-state index contributed by atoms with van der Waals surface area (Å²) in [6.45, 7) is 2.13. The van der Waals surface area contributed by atoms with Gasteiger partial charge in [0.1, 0.15) is 0 Å². The molecule has 0 bridgehead atoms. The predicted octanol–water partition coefficient (Wildman–Crippen LogP) is 3.54. The highest BCUT2D eigenvalue weighted by molar-refractivity contribution is 8.00. The van der Waals surface area contributed by atoms with Crippen molar-refractivity contribution in [2.24, 2.45) is 4.99 Å². The molecule has 1 aliphatic rings. The van der Waals surface area contributed by atoms with E-state index in [1.54, 1.807) is 0 Å². The third-order valence-electron chi connectivity index (χ3n) is 1.66. The van der Waals surface area contributed by atoms with E-state index in [1.807, 2.05) is 36.2 Å². The number of thioether (sulfide) groups is 1. The number of halogens is 1. The van der Waals surface area contributed by atoms with Crippen molar-refractivity contribution in [1.29, 1.82) is 0 Å². The number of nitrogens with zero attached hydrogens (tertiary/aromatic N) is 1. The van der Waals surface area contributed by atoms with Crippen LogP contribution in [0.1, 0.15) is 6.92 Å². The lowest BCUT2D eigenvalue weighted by molar-refractivity contribution is 1.26. The Balaban J connectivity index is 2.47. The molecular weight excluding hydrogens is 190 g/mol. The predicted molar refractivity (Wildman–Crippen MR) is 54.9 cm³/mol. The first-order chi connectivity index (χ1) is 5.75. The summed E-state index contributed by atoms with van der Waals surface area (Å²) >= 11 is 7.64. The van der Waals surface area contributed by atoms with Crippen LogP contribution in [0.4, 0.5) is 5.69 Å². The Morgan fingerprint density at radius 2 is 2.33 bits per heavy atom. The second kappa shape index (κ2) is 3.11. The quantitative estimate of drug-likeness (QED) is 0.620. The largest absolute Gasteiger partial charge is 0.259 e. The second-order valence-electron chi connectivity index (χ2n) is 2.71. The number of aliphatic imine (C=N–C) groups is 1. The molecule has 1 atom stereocenters. The number of rotatable bonds is 0. The van der Waals surface area contributed by atoms with Gasteiger partial charge in [0.25, 0.3) is 0 Å². The zero-order valence-electron chi connectivity index (χ0n) is 6.62. The van der Waals surface area contributed by atoms with Crippen LogP contribution in [0.5, 0.6) is 0 Å². The first-order valence-corrected chi connectivity index (χ1v) is 5.02. The molecular formula is C9H8ClNS. The van der Waals surface area contributed by atoms with Crippen LogP contribution in [0.25, 0.3) is 0 Å². The van der Waals surface area contributed by atoms with E-state index in [4.69, 9.17) is 11.6 Å². The summed E-state index contributed by atoms with van der Waals surface area (Å²) in [7, 11) is 0. The van der Waals surface area contributed by atoms with Crippen LogP contribution in [0, 0.1) is 0 Å². The van der Waals surface area contributed by atoms with Crippen LogP contribution in [-0.2, 0) is 0 Å². The summed E-state index contributed by atoms with van der Waals surface area (Å²) in [5.74, 6) is 0. The molecule has 0 fully saturated rings. The minimum atomic E-state index is 0.471. The molecule has 0 saturated heterocycles. The molecule has 1 heterocycles. The average molecular weight is 198 g/mol. The molecule has 0 N–H and O–H groups in total. The highest BCUT2D eigenvalue weighted by Gasteiger charge is 2.11. The summed E-state index contributed by atoms with van der Waals surface area (Å²) < 4.78 is 0. The van der Waals surface area contributed by atoms with Crippen molar-refractivity contribution in [3.05, 3.63) is 23.2 Å². The third kappa shape index (κ3) is 1.50. The number of hydrogen-bond donors (Lipinski definition) is 0. The SMILES string of the molecule is CC1C=Nc2cc(Cl)ccc2S1. The monoisotopic (exact) mass is 197 g/mol. The van der Waals surface area contributed by atoms with Gasteiger partial charge < -0.3 is 0 Å². The third-order valence-corrected chi connectivity index (χ3v) is 2.99. The van der Waals surface area contributed by atoms with E-state index < -0.39 is 0 Å². The number of fused-ring (bicyclic) bond motifs is 1. The maximum absolute atomic E-state index is 5.83. The van der Waals surface area contributed by atoms with E-state index in [9.17, 15) is 0 Å². The highest BCUT2D eigenvalue weighted by Crippen LogP contribution is 2.36. The molecule has 1 aromatic rings. The Labute approximate surface area is 80.8 Å². The number of hydrogen-bond acceptors (Lipinski definition) is 2. The van der Waals surface area contributed by atoms with Crippen LogP contribution in [-0.4, -0.2) is 11.5 Å². The zero-order chi connectivity index (χ0) is 8.55. The molecule has 3 heteroatoms. The molecule has 0 spiro atoms. The first kappa shape index (κ1) is 8.14. The molecule has 0 aromatic heterocycles. The van der Waals surface area contributed by atoms with Gasteiger partial charge in [0, 0.05) is 21.4 Å². The van der Waals surface area contributed by atoms with Gasteiger partial charge >= 0.3 is 0 Å². The van der Waals surface area contributed by atoms with Crippen molar-refractivity contribution in [3.63, 3.8) is 0 Å². The standard InChI is InChI=1S/C9H8ClNS/c1-6-5-11-8-4-7(10)2-3-9(8)12-6/h2-6H,1H3.